The lowest BCUT2D eigenvalue weighted by Gasteiger charge is -2.25. The number of unbranched alkanes of at least 4 members (excludes halogenated alkanes) is 2. The van der Waals surface area contributed by atoms with E-state index in [-0.39, 0.29) is 57.6 Å². The van der Waals surface area contributed by atoms with Crippen molar-refractivity contribution in [1.29, 1.82) is 0 Å². The highest BCUT2D eigenvalue weighted by atomic mass is 32.2. The molecular formula is C45H57N7O20P3S2+. The number of hydrogen-bond donors (Lipinski definition) is 10. The van der Waals surface area contributed by atoms with E-state index in [1.807, 2.05) is 52.8 Å². The summed E-state index contributed by atoms with van der Waals surface area (Å²) in [6.07, 6.45) is 4.80. The van der Waals surface area contributed by atoms with E-state index in [1.54, 1.807) is 12.1 Å². The number of allylic oxidation sites excluding steroid dienone is 4. The number of nitrogens with zero attached hydrogens (tertiary/aromatic N) is 4. The third-order valence-electron chi connectivity index (χ3n) is 13.1. The number of rotatable bonds is 20. The topological polar surface area (TPSA) is 410 Å². The predicted molar refractivity (Wildman–Crippen MR) is 276 cm³/mol. The highest BCUT2D eigenvalue weighted by molar-refractivity contribution is 7.86. The number of benzene rings is 2. The van der Waals surface area contributed by atoms with Gasteiger partial charge in [-0.1, -0.05) is 31.8 Å². The number of nitrogens with one attached hydrogen (secondary N) is 2. The molecule has 2 aromatic carbocycles. The van der Waals surface area contributed by atoms with Crippen LogP contribution in [-0.4, -0.2) is 120 Å². The molecule has 77 heavy (non-hydrogen) atoms. The van der Waals surface area contributed by atoms with Gasteiger partial charge in [-0.25, -0.2) is 13.7 Å². The zero-order chi connectivity index (χ0) is 56.8. The molecule has 3 aliphatic heterocycles. The Hall–Kier alpha value is -5.21. The van der Waals surface area contributed by atoms with E-state index in [1.165, 1.54) is 35.0 Å². The molecule has 1 saturated heterocycles. The zero-order valence-corrected chi connectivity index (χ0v) is 46.1. The number of nitrogen functional groups attached to an aromatic ring is 1. The van der Waals surface area contributed by atoms with Crippen molar-refractivity contribution in [2.45, 2.75) is 106 Å². The molecular weight excluding hydrogens is 1120 g/mol. The van der Waals surface area contributed by atoms with Crippen LogP contribution in [0.2, 0.25) is 0 Å². The van der Waals surface area contributed by atoms with Crippen molar-refractivity contribution in [2.75, 3.05) is 36.9 Å². The van der Waals surface area contributed by atoms with Crippen LogP contribution in [0.5, 0.6) is 0 Å². The largest absolute Gasteiger partial charge is 0.490 e. The van der Waals surface area contributed by atoms with Crippen LogP contribution in [0.1, 0.15) is 89.6 Å². The van der Waals surface area contributed by atoms with Crippen molar-refractivity contribution in [3.63, 3.8) is 0 Å². The molecule has 2 aromatic heterocycles. The van der Waals surface area contributed by atoms with E-state index in [9.17, 15) is 64.1 Å². The lowest BCUT2D eigenvalue weighted by molar-refractivity contribution is -0.438. The third kappa shape index (κ3) is 13.5. The maximum atomic E-state index is 13.1. The summed E-state index contributed by atoms with van der Waals surface area (Å²) >= 11 is 0. The van der Waals surface area contributed by atoms with Gasteiger partial charge in [0.25, 0.3) is 25.8 Å². The first kappa shape index (κ1) is 59.5. The molecule has 0 aliphatic carbocycles. The Morgan fingerprint density at radius 1 is 0.974 bits per heavy atom. The van der Waals surface area contributed by atoms with Crippen molar-refractivity contribution < 1.29 is 91.6 Å². The number of amides is 1. The van der Waals surface area contributed by atoms with Gasteiger partial charge in [0.1, 0.15) is 18.9 Å². The fourth-order valence-electron chi connectivity index (χ4n) is 9.54. The number of likely N-dealkylation sites (N-methyl/N-ethyl adjacent to an activating group) is 1. The molecule has 0 saturated carbocycles. The number of H-pyrrole nitrogens is 1. The smallest absolute Gasteiger partial charge is 0.390 e. The fraction of sp³-hybridized carbons (Fsp3) is 0.422. The quantitative estimate of drug-likeness (QED) is 0.0195. The molecule has 0 radical (unpaired) electrons. The minimum atomic E-state index is -5.81. The van der Waals surface area contributed by atoms with Gasteiger partial charge in [-0.2, -0.15) is 35.0 Å². The highest BCUT2D eigenvalue weighted by Gasteiger charge is 2.46. The summed E-state index contributed by atoms with van der Waals surface area (Å²) in [7, 11) is -26.0. The van der Waals surface area contributed by atoms with Gasteiger partial charge in [-0.05, 0) is 75.6 Å². The second-order valence-electron chi connectivity index (χ2n) is 19.1. The van der Waals surface area contributed by atoms with Gasteiger partial charge in [0.15, 0.2) is 11.4 Å². The minimum absolute atomic E-state index is 0.0313. The second-order valence-corrected chi connectivity index (χ2v) is 26.3. The summed E-state index contributed by atoms with van der Waals surface area (Å²) in [5.74, 6) is 5.00. The van der Waals surface area contributed by atoms with Gasteiger partial charge in [0, 0.05) is 66.5 Å². The number of phosphoric acid groups is 3. The Kier molecular flexibility index (Phi) is 17.1. The highest BCUT2D eigenvalue weighted by Crippen LogP contribution is 2.66. The maximum Gasteiger partial charge on any atom is 0.490 e. The van der Waals surface area contributed by atoms with Crippen molar-refractivity contribution >= 4 is 83.7 Å². The minimum Gasteiger partial charge on any atom is -0.390 e. The number of aliphatic hydroxyl groups is 1. The lowest BCUT2D eigenvalue weighted by atomic mass is 9.81. The van der Waals surface area contributed by atoms with Crippen molar-refractivity contribution in [2.24, 2.45) is 0 Å². The molecule has 3 aliphatic rings. The van der Waals surface area contributed by atoms with E-state index >= 15 is 0 Å². The molecule has 7 rings (SSSR count). The van der Waals surface area contributed by atoms with E-state index in [0.29, 0.717) is 37.9 Å². The average molecular weight is 1170 g/mol. The predicted octanol–water partition coefficient (Wildman–Crippen LogP) is 4.15. The van der Waals surface area contributed by atoms with E-state index in [2.05, 4.69) is 49.7 Å². The first-order valence-corrected chi connectivity index (χ1v) is 30.9. The molecule has 1 amide bonds. The van der Waals surface area contributed by atoms with Gasteiger partial charge < -0.3 is 49.9 Å². The Bertz CT molecular complexity index is 3630. The number of carbonyl (C=O) groups is 1. The van der Waals surface area contributed by atoms with Gasteiger partial charge in [0.05, 0.1) is 45.4 Å². The number of ether oxygens (including phenoxy) is 1. The number of hydrogen-bond acceptors (Lipinski definition) is 17. The molecule has 4 aromatic rings. The van der Waals surface area contributed by atoms with Gasteiger partial charge in [-0.15, -0.1) is 0 Å². The van der Waals surface area contributed by atoms with Gasteiger partial charge >= 0.3 is 23.5 Å². The molecule has 0 bridgehead atoms. The van der Waals surface area contributed by atoms with Crippen LogP contribution in [0.15, 0.2) is 81.1 Å². The summed E-state index contributed by atoms with van der Waals surface area (Å²) in [5, 5.41) is 13.4. The average Bonchev–Trinajstić information content (AvgIpc) is 4.02. The number of aromatic nitrogens is 3. The number of phosphoric ester groups is 1. The van der Waals surface area contributed by atoms with Gasteiger partial charge in [-0.3, -0.25) is 28.2 Å². The summed E-state index contributed by atoms with van der Waals surface area (Å²) in [6, 6.07) is 8.96. The Morgan fingerprint density at radius 3 is 2.29 bits per heavy atom. The number of fused-ring (bicyclic) bond motifs is 3. The van der Waals surface area contributed by atoms with E-state index in [0.717, 1.165) is 28.3 Å². The summed E-state index contributed by atoms with van der Waals surface area (Å²) < 4.78 is 124. The molecule has 11 N–H and O–H groups in total. The second kappa shape index (κ2) is 22.1. The molecule has 27 nitrogen and oxygen atoms in total. The molecule has 5 atom stereocenters. The first-order chi connectivity index (χ1) is 35.6. The molecule has 418 valence electrons. The van der Waals surface area contributed by atoms with Crippen LogP contribution < -0.4 is 21.5 Å². The molecule has 32 heteroatoms. The monoisotopic (exact) mass is 1170 g/mol. The lowest BCUT2D eigenvalue weighted by Crippen LogP contribution is -2.28. The summed E-state index contributed by atoms with van der Waals surface area (Å²) in [6.45, 7) is 9.73. The molecule has 0 spiro atoms. The van der Waals surface area contributed by atoms with Crippen LogP contribution in [0.25, 0.3) is 11.0 Å². The Labute approximate surface area is 441 Å². The van der Waals surface area contributed by atoms with Gasteiger partial charge in [0.2, 0.25) is 17.5 Å². The Balaban J connectivity index is 0.992. The summed E-state index contributed by atoms with van der Waals surface area (Å²) in [5.41, 5.74) is 8.45. The van der Waals surface area contributed by atoms with Crippen LogP contribution in [-0.2, 0) is 67.4 Å². The van der Waals surface area contributed by atoms with E-state index < -0.39 is 85.1 Å². The van der Waals surface area contributed by atoms with Crippen molar-refractivity contribution in [3.8, 4) is 11.8 Å². The van der Waals surface area contributed by atoms with Crippen molar-refractivity contribution in [1.82, 2.24) is 19.9 Å². The standard InChI is InChI=1S/C45H56N7O20P3S2/c1-6-50-32-18-16-28(76(63,64)65)22-30(32)44(2,3)36(50)13-10-14-37-45(4,5)31-23-29(77(66,67)68)17-19-33(31)51(37)21-9-7-8-15-38(54)47-20-11-12-27-25-52(41-40(27)42(55)49-43(46)48-41)39-24-34(53)35(70-39)26-69-74(59,60)72-75(61,62)71-73(56,57)58/h10,13-14,16-19,22-23,25,34-35,39,53H,6-9,15,20-21,24,26H2,1-5H3,(H9-,46,47,48,49,54,55,56,57,58,59,60,61,62,63,64,65,66,67,68)/p+1/t34-,35+,39+/m0/s1. The molecule has 1 fully saturated rings. The van der Waals surface area contributed by atoms with E-state index in [4.69, 9.17) is 20.3 Å². The number of carbonyl (C=O) groups excluding carboxylic acids is 1. The van der Waals surface area contributed by atoms with Crippen LogP contribution in [0.4, 0.5) is 17.3 Å². The normalized spacial score (nSPS) is 21.3. The summed E-state index contributed by atoms with van der Waals surface area (Å²) in [4.78, 5) is 71.0. The SMILES string of the molecule is CCN1C(=CC=CC2=[N+](CCCCCC(=O)NCC#Cc3cn([C@H]4C[C@H](O)[C@@H](COP(=O)(O)OP(=O)(O)OP(=O)(O)O)O4)c4nc(N)[nH]c(=O)c34)c3ccc(S(=O)(=O)O)cc3C2(C)C)C(C)(C)c2cc(S(=O)(=O)O)ccc21. The number of anilines is 2. The number of nitrogens with two attached hydrogens (primary N) is 1. The third-order valence-corrected chi connectivity index (χ3v) is 18.6. The molecule has 2 unspecified atom stereocenters. The van der Waals surface area contributed by atoms with Crippen LogP contribution >= 0.6 is 23.5 Å². The van der Waals surface area contributed by atoms with Crippen LogP contribution in [0.3, 0.4) is 0 Å². The fourth-order valence-corrected chi connectivity index (χ4v) is 13.6. The molecule has 5 heterocycles. The number of aliphatic hydroxyl groups excluding tert-OH is 1. The van der Waals surface area contributed by atoms with Crippen LogP contribution in [0, 0.1) is 11.8 Å². The zero-order valence-electron chi connectivity index (χ0n) is 41.8. The maximum absolute atomic E-state index is 13.1. The first-order valence-electron chi connectivity index (χ1n) is 23.5. The Morgan fingerprint density at radius 2 is 1.64 bits per heavy atom. The van der Waals surface area contributed by atoms with Crippen molar-refractivity contribution in [3.05, 3.63) is 93.6 Å². The number of aromatic amines is 1.